The summed E-state index contributed by atoms with van der Waals surface area (Å²) in [4.78, 5) is 14.5. The standard InChI is InChI=1S/C24H23NO3/c1-27-15-19-8-5-9-20(12-19)21-10-11-23-22(13-21)16-28-17-24(26)25(23)14-18-6-3-2-4-7-18/h2-13H,14-17H2,1H3. The number of rotatable bonds is 5. The average Bonchev–Trinajstić information content (AvgIpc) is 2.88. The maximum atomic E-state index is 12.6. The highest BCUT2D eigenvalue weighted by atomic mass is 16.5. The van der Waals surface area contributed by atoms with E-state index in [0.717, 1.165) is 33.5 Å². The molecule has 1 amide bonds. The molecule has 4 rings (SSSR count). The summed E-state index contributed by atoms with van der Waals surface area (Å²) in [6.45, 7) is 1.65. The van der Waals surface area contributed by atoms with E-state index in [1.54, 1.807) is 7.11 Å². The first-order valence-corrected chi connectivity index (χ1v) is 9.38. The molecule has 0 unspecified atom stereocenters. The van der Waals surface area contributed by atoms with Gasteiger partial charge in [-0.15, -0.1) is 0 Å². The van der Waals surface area contributed by atoms with Gasteiger partial charge in [0.15, 0.2) is 0 Å². The third-order valence-corrected chi connectivity index (χ3v) is 4.91. The summed E-state index contributed by atoms with van der Waals surface area (Å²) in [6.07, 6.45) is 0. The van der Waals surface area contributed by atoms with Crippen molar-refractivity contribution in [2.24, 2.45) is 0 Å². The van der Waals surface area contributed by atoms with Gasteiger partial charge in [0.05, 0.1) is 19.8 Å². The van der Waals surface area contributed by atoms with Crippen molar-refractivity contribution in [3.63, 3.8) is 0 Å². The fourth-order valence-corrected chi connectivity index (χ4v) is 3.55. The van der Waals surface area contributed by atoms with Gasteiger partial charge in [0.2, 0.25) is 0 Å². The Bertz CT molecular complexity index is 969. The number of carbonyl (C=O) groups excluding carboxylic acids is 1. The van der Waals surface area contributed by atoms with Gasteiger partial charge in [0.25, 0.3) is 5.91 Å². The molecule has 1 aliphatic heterocycles. The van der Waals surface area contributed by atoms with Crippen LogP contribution in [0.25, 0.3) is 11.1 Å². The zero-order valence-electron chi connectivity index (χ0n) is 15.9. The van der Waals surface area contributed by atoms with Crippen LogP contribution < -0.4 is 4.90 Å². The molecule has 0 atom stereocenters. The number of nitrogens with zero attached hydrogens (tertiary/aromatic N) is 1. The van der Waals surface area contributed by atoms with Gasteiger partial charge in [-0.1, -0.05) is 54.6 Å². The van der Waals surface area contributed by atoms with Gasteiger partial charge >= 0.3 is 0 Å². The third-order valence-electron chi connectivity index (χ3n) is 4.91. The van der Waals surface area contributed by atoms with Gasteiger partial charge in [-0.05, 0) is 40.5 Å². The van der Waals surface area contributed by atoms with Crippen molar-refractivity contribution in [1.29, 1.82) is 0 Å². The van der Waals surface area contributed by atoms with E-state index in [4.69, 9.17) is 9.47 Å². The van der Waals surface area contributed by atoms with Crippen LogP contribution in [0, 0.1) is 0 Å². The van der Waals surface area contributed by atoms with Crippen LogP contribution in [-0.2, 0) is 34.0 Å². The number of anilines is 1. The summed E-state index contributed by atoms with van der Waals surface area (Å²) in [7, 11) is 1.70. The van der Waals surface area contributed by atoms with Crippen molar-refractivity contribution in [2.75, 3.05) is 18.6 Å². The molecule has 0 saturated heterocycles. The van der Waals surface area contributed by atoms with Gasteiger partial charge in [0, 0.05) is 18.4 Å². The zero-order valence-corrected chi connectivity index (χ0v) is 15.9. The fourth-order valence-electron chi connectivity index (χ4n) is 3.55. The van der Waals surface area contributed by atoms with Crippen LogP contribution >= 0.6 is 0 Å². The lowest BCUT2D eigenvalue weighted by atomic mass is 10.00. The summed E-state index contributed by atoms with van der Waals surface area (Å²) in [5, 5.41) is 0. The van der Waals surface area contributed by atoms with Crippen LogP contribution in [0.3, 0.4) is 0 Å². The second-order valence-corrected chi connectivity index (χ2v) is 6.94. The molecule has 0 fully saturated rings. The monoisotopic (exact) mass is 373 g/mol. The first-order valence-electron chi connectivity index (χ1n) is 9.38. The van der Waals surface area contributed by atoms with Crippen molar-refractivity contribution in [3.8, 4) is 11.1 Å². The average molecular weight is 373 g/mol. The first kappa shape index (κ1) is 18.4. The lowest BCUT2D eigenvalue weighted by molar-refractivity contribution is -0.123. The molecule has 0 radical (unpaired) electrons. The Labute approximate surface area is 165 Å². The molecule has 142 valence electrons. The van der Waals surface area contributed by atoms with Crippen LogP contribution in [0.1, 0.15) is 16.7 Å². The summed E-state index contributed by atoms with van der Waals surface area (Å²) < 4.78 is 10.9. The number of ether oxygens (including phenoxy) is 2. The molecule has 28 heavy (non-hydrogen) atoms. The highest BCUT2D eigenvalue weighted by Crippen LogP contribution is 2.31. The summed E-state index contributed by atoms with van der Waals surface area (Å²) in [6, 6.07) is 24.6. The van der Waals surface area contributed by atoms with Gasteiger partial charge in [-0.25, -0.2) is 0 Å². The molecule has 3 aromatic rings. The Kier molecular flexibility index (Phi) is 5.51. The zero-order chi connectivity index (χ0) is 19.3. The number of methoxy groups -OCH3 is 1. The number of benzene rings is 3. The molecule has 1 aliphatic rings. The number of hydrogen-bond donors (Lipinski definition) is 0. The molecule has 3 aromatic carbocycles. The smallest absolute Gasteiger partial charge is 0.253 e. The summed E-state index contributed by atoms with van der Waals surface area (Å²) in [5.74, 6) is -0.0163. The molecule has 1 heterocycles. The van der Waals surface area contributed by atoms with Gasteiger partial charge in [-0.2, -0.15) is 0 Å². The maximum Gasteiger partial charge on any atom is 0.253 e. The highest BCUT2D eigenvalue weighted by Gasteiger charge is 2.23. The van der Waals surface area contributed by atoms with Crippen LogP contribution in [0.2, 0.25) is 0 Å². The minimum Gasteiger partial charge on any atom is -0.380 e. The molecular formula is C24H23NO3. The molecule has 0 saturated carbocycles. The van der Waals surface area contributed by atoms with Crippen molar-refractivity contribution in [2.45, 2.75) is 19.8 Å². The number of fused-ring (bicyclic) bond motifs is 1. The van der Waals surface area contributed by atoms with Gasteiger partial charge in [0.1, 0.15) is 6.61 Å². The van der Waals surface area contributed by atoms with Crippen LogP contribution in [0.4, 0.5) is 5.69 Å². The van der Waals surface area contributed by atoms with Crippen molar-refractivity contribution < 1.29 is 14.3 Å². The molecule has 0 aliphatic carbocycles. The summed E-state index contributed by atoms with van der Waals surface area (Å²) in [5.41, 5.74) is 6.41. The normalized spacial score (nSPS) is 13.9. The highest BCUT2D eigenvalue weighted by molar-refractivity contribution is 5.96. The number of amides is 1. The lowest BCUT2D eigenvalue weighted by Crippen LogP contribution is -2.32. The van der Waals surface area contributed by atoms with Crippen molar-refractivity contribution in [1.82, 2.24) is 0 Å². The molecule has 0 spiro atoms. The first-order chi connectivity index (χ1) is 13.7. The molecule has 4 nitrogen and oxygen atoms in total. The third kappa shape index (κ3) is 3.98. The van der Waals surface area contributed by atoms with E-state index in [9.17, 15) is 4.79 Å². The molecule has 0 bridgehead atoms. The Morgan fingerprint density at radius 1 is 0.893 bits per heavy atom. The SMILES string of the molecule is COCc1cccc(-c2ccc3c(c2)COCC(=O)N3Cc2ccccc2)c1. The van der Waals surface area contributed by atoms with E-state index in [0.29, 0.717) is 19.8 Å². The van der Waals surface area contributed by atoms with Crippen LogP contribution in [-0.4, -0.2) is 19.6 Å². The Morgan fingerprint density at radius 2 is 1.68 bits per heavy atom. The van der Waals surface area contributed by atoms with Crippen LogP contribution in [0.5, 0.6) is 0 Å². The van der Waals surface area contributed by atoms with Gasteiger partial charge < -0.3 is 14.4 Å². The maximum absolute atomic E-state index is 12.6. The van der Waals surface area contributed by atoms with E-state index in [-0.39, 0.29) is 12.5 Å². The van der Waals surface area contributed by atoms with Gasteiger partial charge in [-0.3, -0.25) is 4.79 Å². The lowest BCUT2D eigenvalue weighted by Gasteiger charge is -2.23. The predicted molar refractivity (Wildman–Crippen MR) is 110 cm³/mol. The van der Waals surface area contributed by atoms with E-state index in [1.165, 1.54) is 0 Å². The van der Waals surface area contributed by atoms with E-state index < -0.39 is 0 Å². The number of carbonyl (C=O) groups is 1. The van der Waals surface area contributed by atoms with E-state index in [1.807, 2.05) is 47.4 Å². The Balaban J connectivity index is 1.68. The largest absolute Gasteiger partial charge is 0.380 e. The molecular weight excluding hydrogens is 350 g/mol. The molecule has 0 N–H and O–H groups in total. The second kappa shape index (κ2) is 8.38. The fraction of sp³-hybridized carbons (Fsp3) is 0.208. The second-order valence-electron chi connectivity index (χ2n) is 6.94. The number of hydrogen-bond acceptors (Lipinski definition) is 3. The minimum atomic E-state index is -0.0163. The minimum absolute atomic E-state index is 0.0163. The van der Waals surface area contributed by atoms with Crippen molar-refractivity contribution >= 4 is 11.6 Å². The molecule has 0 aromatic heterocycles. The quantitative estimate of drug-likeness (QED) is 0.658. The topological polar surface area (TPSA) is 38.8 Å². The van der Waals surface area contributed by atoms with E-state index >= 15 is 0 Å². The predicted octanol–water partition coefficient (Wildman–Crippen LogP) is 4.56. The summed E-state index contributed by atoms with van der Waals surface area (Å²) >= 11 is 0. The van der Waals surface area contributed by atoms with Crippen LogP contribution in [0.15, 0.2) is 72.8 Å². The Morgan fingerprint density at radius 3 is 2.50 bits per heavy atom. The van der Waals surface area contributed by atoms with E-state index in [2.05, 4.69) is 30.3 Å². The molecule has 4 heteroatoms. The Hall–Kier alpha value is -2.95. The van der Waals surface area contributed by atoms with Crippen molar-refractivity contribution in [3.05, 3.63) is 89.5 Å².